The van der Waals surface area contributed by atoms with Gasteiger partial charge in [0.2, 0.25) is 0 Å². The third kappa shape index (κ3) is 15.8. The van der Waals surface area contributed by atoms with Gasteiger partial charge in [0.05, 0.1) is 22.7 Å². The van der Waals surface area contributed by atoms with E-state index in [0.717, 1.165) is 61.9 Å². The lowest BCUT2D eigenvalue weighted by Gasteiger charge is -2.30. The van der Waals surface area contributed by atoms with Crippen LogP contribution in [0.5, 0.6) is 0 Å². The molecular formula is C134H108N2S2. The van der Waals surface area contributed by atoms with Gasteiger partial charge in [-0.1, -0.05) is 453 Å². The number of hydrogen-bond donors (Lipinski definition) is 0. The van der Waals surface area contributed by atoms with Crippen LogP contribution < -0.4 is 9.80 Å². The van der Waals surface area contributed by atoms with Gasteiger partial charge in [-0.25, -0.2) is 0 Å². The van der Waals surface area contributed by atoms with E-state index in [1.54, 1.807) is 0 Å². The van der Waals surface area contributed by atoms with E-state index in [9.17, 15) is 0 Å². The predicted molar refractivity (Wildman–Crippen MR) is 601 cm³/mol. The van der Waals surface area contributed by atoms with Crippen LogP contribution in [0.4, 0.5) is 34.1 Å². The molecular weight excluding hydrogens is 1700 g/mol. The minimum atomic E-state index is -0.0514. The second kappa shape index (κ2) is 34.5. The molecule has 0 aliphatic rings. The lowest BCUT2D eigenvalue weighted by atomic mass is 9.78. The third-order valence-corrected chi connectivity index (χ3v) is 30.9. The number of fused-ring (bicyclic) bond motifs is 10. The number of rotatable bonds is 16. The summed E-state index contributed by atoms with van der Waals surface area (Å²) in [5.41, 5.74) is 35.4. The summed E-state index contributed by atoms with van der Waals surface area (Å²) in [7, 11) is 0. The molecule has 23 aromatic rings. The largest absolute Gasteiger partial charge is 0.309 e. The highest BCUT2D eigenvalue weighted by molar-refractivity contribution is 7.26. The van der Waals surface area contributed by atoms with Crippen LogP contribution in [0.3, 0.4) is 0 Å². The van der Waals surface area contributed by atoms with Gasteiger partial charge < -0.3 is 9.80 Å². The molecule has 0 aliphatic carbocycles. The highest BCUT2D eigenvalue weighted by Gasteiger charge is 2.31. The fraction of sp³-hybridized carbons (Fsp3) is 0.119. The molecule has 0 aliphatic heterocycles. The fourth-order valence-corrected chi connectivity index (χ4v) is 23.6. The summed E-state index contributed by atoms with van der Waals surface area (Å²) in [4.78, 5) is 5.05. The number of anilines is 6. The van der Waals surface area contributed by atoms with Crippen molar-refractivity contribution in [2.24, 2.45) is 0 Å². The molecule has 2 heterocycles. The number of nitrogens with zero attached hydrogens (tertiary/aromatic N) is 2. The molecule has 0 unspecified atom stereocenters. The van der Waals surface area contributed by atoms with E-state index in [-0.39, 0.29) is 21.7 Å². The Hall–Kier alpha value is -15.3. The smallest absolute Gasteiger partial charge is 0.0540 e. The van der Waals surface area contributed by atoms with E-state index < -0.39 is 0 Å². The van der Waals surface area contributed by atoms with Gasteiger partial charge in [0.15, 0.2) is 0 Å². The van der Waals surface area contributed by atoms with Gasteiger partial charge in [-0.2, -0.15) is 0 Å². The Balaban J connectivity index is 0.584. The Bertz CT molecular complexity index is 8650. The summed E-state index contributed by atoms with van der Waals surface area (Å²) in [5, 5.41) is 14.8. The van der Waals surface area contributed by atoms with Crippen molar-refractivity contribution < 1.29 is 0 Å². The number of hydrogen-bond acceptors (Lipinski definition) is 4. The summed E-state index contributed by atoms with van der Waals surface area (Å²) < 4.78 is 5.08. The normalized spacial score (nSPS) is 12.2. The average molecular weight is 1810 g/mol. The number of thiophene rings is 2. The summed E-state index contributed by atoms with van der Waals surface area (Å²) in [6.07, 6.45) is 0. The van der Waals surface area contributed by atoms with E-state index in [4.69, 9.17) is 0 Å². The molecule has 23 rings (SSSR count). The Morgan fingerprint density at radius 3 is 0.899 bits per heavy atom. The second-order valence-corrected chi connectivity index (χ2v) is 43.6. The zero-order valence-electron chi connectivity index (χ0n) is 80.3. The summed E-state index contributed by atoms with van der Waals surface area (Å²) >= 11 is 3.77. The van der Waals surface area contributed by atoms with Crippen molar-refractivity contribution in [2.75, 3.05) is 9.80 Å². The second-order valence-electron chi connectivity index (χ2n) is 41.5. The van der Waals surface area contributed by atoms with Gasteiger partial charge in [-0.3, -0.25) is 0 Å². The van der Waals surface area contributed by atoms with E-state index in [0.29, 0.717) is 0 Å². The Labute approximate surface area is 818 Å². The van der Waals surface area contributed by atoms with Crippen molar-refractivity contribution in [3.8, 4) is 111 Å². The van der Waals surface area contributed by atoms with Crippen molar-refractivity contribution >= 4 is 140 Å². The molecule has 2 nitrogen and oxygen atoms in total. The van der Waals surface area contributed by atoms with Gasteiger partial charge >= 0.3 is 0 Å². The van der Waals surface area contributed by atoms with E-state index in [2.05, 4.69) is 530 Å². The third-order valence-electron chi connectivity index (χ3n) is 28.5. The van der Waals surface area contributed by atoms with Crippen LogP contribution >= 0.6 is 22.7 Å². The van der Waals surface area contributed by atoms with Crippen LogP contribution in [0, 0.1) is 0 Å². The maximum absolute atomic E-state index is 2.53. The molecule has 666 valence electrons. The molecule has 0 N–H and O–H groups in total. The first-order valence-corrected chi connectivity index (χ1v) is 50.1. The van der Waals surface area contributed by atoms with Crippen LogP contribution in [0.25, 0.3) is 195 Å². The average Bonchev–Trinajstić information content (AvgIpc) is 1.73. The highest BCUT2D eigenvalue weighted by Crippen LogP contribution is 2.55. The molecule has 0 atom stereocenters. The molecule has 2 aromatic heterocycles. The SMILES string of the molecule is CC(C)(C)c1cc(-c2cccc3cccc(-c4ccccc4N(c4ccc(-c5ccc(-c6cccc7cc(-c8ccc9c(c8)sc8c(-c%10ccccc%10N(c%10ccc(-c%11cccc%12ccccc%11%12)cc%10)c%10ccccc%10-c%10cccc%11cccc(-c%12cc(C(C)(C)C)cc(C(C)(C)C)c%12)c%10%11)cccc89)ccc67)cc5)cc4)c4ccccc4-c4cccc5c4sc4ccccc45)c23)cc(C(C)(C)C)c1. The summed E-state index contributed by atoms with van der Waals surface area (Å²) in [5.74, 6) is 0. The molecule has 0 bridgehead atoms. The molecule has 4 heteroatoms. The van der Waals surface area contributed by atoms with Gasteiger partial charge in [0, 0.05) is 85.1 Å². The van der Waals surface area contributed by atoms with Crippen molar-refractivity contribution in [3.63, 3.8) is 0 Å². The van der Waals surface area contributed by atoms with Gasteiger partial charge in [0.1, 0.15) is 0 Å². The van der Waals surface area contributed by atoms with Crippen LogP contribution in [-0.4, -0.2) is 0 Å². The standard InChI is InChI=1S/C134H108N2S2/c1-131(2,3)97-78-95(79-98(83-97)132(4,5)6)107-48-26-35-90-37-28-50-115(127(90)107)109-41-15-20-56-121(109)135(123-58-22-17-43-111(123)117-52-31-54-119-113-45-19-24-60-125(113)137-129(117)119)101-71-65-86(66-72-101)85-61-63-88(64-62-85)105-47-30-39-94-77-92(69-75-106(94)105)93-70-76-114-120-55-32-53-118(130(120)138-126(114)82-93)112-44-18-23-59-124(112)136(102-73-67-89(68-74-102)104-46-25-34-87-33-13-14-40-103(87)104)122-57-21-16-42-110(122)116-51-29-38-91-36-27-49-108(128(91)116)96-80-99(133(7,8)9)84-100(81-96)134(10,11)12/h13-84H,1-12H3. The molecule has 0 saturated carbocycles. The monoisotopic (exact) mass is 1810 g/mol. The predicted octanol–water partition coefficient (Wildman–Crippen LogP) is 39.8. The van der Waals surface area contributed by atoms with E-state index >= 15 is 0 Å². The molecule has 138 heavy (non-hydrogen) atoms. The van der Waals surface area contributed by atoms with Crippen LogP contribution in [0.1, 0.15) is 105 Å². The van der Waals surface area contributed by atoms with Crippen molar-refractivity contribution in [2.45, 2.75) is 105 Å². The molecule has 21 aromatic carbocycles. The quantitative estimate of drug-likeness (QED) is 0.0951. The summed E-state index contributed by atoms with van der Waals surface area (Å²) in [6.45, 7) is 28.0. The zero-order valence-corrected chi connectivity index (χ0v) is 81.9. The Kier molecular flexibility index (Phi) is 21.7. The maximum atomic E-state index is 2.53. The first-order valence-electron chi connectivity index (χ1n) is 48.5. The lowest BCUT2D eigenvalue weighted by molar-refractivity contribution is 0.568. The van der Waals surface area contributed by atoms with E-state index in [1.807, 2.05) is 22.7 Å². The van der Waals surface area contributed by atoms with Gasteiger partial charge in [0.25, 0.3) is 0 Å². The molecule has 0 radical (unpaired) electrons. The van der Waals surface area contributed by atoms with Crippen molar-refractivity contribution in [1.82, 2.24) is 0 Å². The topological polar surface area (TPSA) is 6.48 Å². The van der Waals surface area contributed by atoms with Crippen LogP contribution in [0.15, 0.2) is 437 Å². The number of para-hydroxylation sites is 4. The highest BCUT2D eigenvalue weighted by atomic mass is 32.1. The first kappa shape index (κ1) is 86.8. The number of benzene rings is 21. The van der Waals surface area contributed by atoms with Crippen molar-refractivity contribution in [3.05, 3.63) is 459 Å². The zero-order chi connectivity index (χ0) is 94.0. The van der Waals surface area contributed by atoms with Gasteiger partial charge in [-0.05, 0) is 232 Å². The first-order chi connectivity index (χ1) is 66.9. The van der Waals surface area contributed by atoms with Crippen LogP contribution in [0.2, 0.25) is 0 Å². The molecule has 0 fully saturated rings. The molecule has 0 amide bonds. The minimum Gasteiger partial charge on any atom is -0.309 e. The minimum absolute atomic E-state index is 0.0475. The molecule has 0 saturated heterocycles. The Morgan fingerprint density at radius 1 is 0.167 bits per heavy atom. The fourth-order valence-electron chi connectivity index (χ4n) is 21.1. The maximum Gasteiger partial charge on any atom is 0.0540 e. The summed E-state index contributed by atoms with van der Waals surface area (Å²) in [6, 6.07) is 165. The van der Waals surface area contributed by atoms with Crippen LogP contribution in [-0.2, 0) is 21.7 Å². The van der Waals surface area contributed by atoms with Gasteiger partial charge in [-0.15, -0.1) is 22.7 Å². The van der Waals surface area contributed by atoms with E-state index in [1.165, 1.54) is 189 Å². The van der Waals surface area contributed by atoms with Crippen molar-refractivity contribution in [1.29, 1.82) is 0 Å². The lowest BCUT2D eigenvalue weighted by Crippen LogP contribution is -2.16. The molecule has 0 spiro atoms. The Morgan fingerprint density at radius 2 is 0.449 bits per heavy atom.